The predicted octanol–water partition coefficient (Wildman–Crippen LogP) is 4.57. The SMILES string of the molecule is CCC/C=C/CC/C=C/CC/C=C/C(O)C(COC1OC(CO)C(O)C(OS(=O)(=O)O)C1O)NC(=O)C(O)CCCCCCCCCCCCC. The van der Waals surface area contributed by atoms with Crippen molar-refractivity contribution in [2.24, 2.45) is 0 Å². The number of allylic oxidation sites excluding steroid dienone is 5. The molecule has 1 fully saturated rings. The van der Waals surface area contributed by atoms with Crippen LogP contribution in [0.25, 0.3) is 0 Å². The van der Waals surface area contributed by atoms with Gasteiger partial charge in [0.1, 0.15) is 30.5 Å². The van der Waals surface area contributed by atoms with E-state index < -0.39 is 78.5 Å². The second kappa shape index (κ2) is 28.7. The highest BCUT2D eigenvalue weighted by atomic mass is 32.3. The molecule has 0 aliphatic carbocycles. The molecule has 1 amide bonds. The van der Waals surface area contributed by atoms with Crippen LogP contribution in [-0.4, -0.2) is 107 Å². The van der Waals surface area contributed by atoms with Crippen molar-refractivity contribution >= 4 is 16.3 Å². The lowest BCUT2D eigenvalue weighted by atomic mass is 9.99. The second-order valence-electron chi connectivity index (χ2n) is 13.3. The van der Waals surface area contributed by atoms with Crippen LogP contribution < -0.4 is 5.32 Å². The summed E-state index contributed by atoms with van der Waals surface area (Å²) in [5, 5.41) is 54.7. The van der Waals surface area contributed by atoms with Crippen molar-refractivity contribution < 1.29 is 57.0 Å². The molecular weight excluding hydrogens is 682 g/mol. The first-order valence-corrected chi connectivity index (χ1v) is 20.3. The molecule has 8 atom stereocenters. The minimum atomic E-state index is -5.12. The van der Waals surface area contributed by atoms with E-state index in [9.17, 15) is 38.7 Å². The van der Waals surface area contributed by atoms with Gasteiger partial charge in [0.25, 0.3) is 0 Å². The van der Waals surface area contributed by atoms with Crippen LogP contribution >= 0.6 is 0 Å². The summed E-state index contributed by atoms with van der Waals surface area (Å²) in [6, 6.07) is -1.14. The minimum absolute atomic E-state index is 0.234. The molecule has 14 heteroatoms. The zero-order valence-corrected chi connectivity index (χ0v) is 31.6. The Labute approximate surface area is 306 Å². The van der Waals surface area contributed by atoms with Crippen LogP contribution in [0.4, 0.5) is 0 Å². The molecule has 0 aromatic heterocycles. The third kappa shape index (κ3) is 22.2. The number of aliphatic hydroxyl groups excluding tert-OH is 5. The van der Waals surface area contributed by atoms with Crippen LogP contribution in [0.3, 0.4) is 0 Å². The van der Waals surface area contributed by atoms with E-state index in [1.54, 1.807) is 6.08 Å². The van der Waals surface area contributed by atoms with E-state index in [-0.39, 0.29) is 6.42 Å². The van der Waals surface area contributed by atoms with Crippen LogP contribution in [-0.2, 0) is 28.9 Å². The van der Waals surface area contributed by atoms with Gasteiger partial charge in [-0.3, -0.25) is 9.35 Å². The quantitative estimate of drug-likeness (QED) is 0.0306. The number of nitrogens with one attached hydrogen (secondary N) is 1. The summed E-state index contributed by atoms with van der Waals surface area (Å²) < 4.78 is 47.2. The molecule has 0 bridgehead atoms. The predicted molar refractivity (Wildman–Crippen MR) is 196 cm³/mol. The summed E-state index contributed by atoms with van der Waals surface area (Å²) >= 11 is 0. The first-order valence-electron chi connectivity index (χ1n) is 19.0. The zero-order valence-electron chi connectivity index (χ0n) is 30.8. The molecule has 0 saturated carbocycles. The molecule has 1 saturated heterocycles. The number of amides is 1. The first kappa shape index (κ1) is 47.3. The number of hydrogen-bond donors (Lipinski definition) is 7. The number of ether oxygens (including phenoxy) is 2. The Morgan fingerprint density at radius 3 is 1.84 bits per heavy atom. The lowest BCUT2D eigenvalue weighted by Crippen LogP contribution is -2.61. The van der Waals surface area contributed by atoms with Gasteiger partial charge in [0.15, 0.2) is 6.29 Å². The fourth-order valence-electron chi connectivity index (χ4n) is 5.67. The molecule has 1 rings (SSSR count). The van der Waals surface area contributed by atoms with Gasteiger partial charge in [-0.2, -0.15) is 8.42 Å². The van der Waals surface area contributed by atoms with Crippen LogP contribution in [0.1, 0.15) is 129 Å². The maximum Gasteiger partial charge on any atom is 0.397 e. The maximum absolute atomic E-state index is 13.0. The van der Waals surface area contributed by atoms with Crippen molar-refractivity contribution in [3.63, 3.8) is 0 Å². The van der Waals surface area contributed by atoms with Crippen LogP contribution in [0.2, 0.25) is 0 Å². The molecule has 0 radical (unpaired) electrons. The molecule has 7 N–H and O–H groups in total. The molecule has 13 nitrogen and oxygen atoms in total. The van der Waals surface area contributed by atoms with Gasteiger partial charge in [-0.1, -0.05) is 127 Å². The van der Waals surface area contributed by atoms with E-state index in [0.717, 1.165) is 51.4 Å². The van der Waals surface area contributed by atoms with Gasteiger partial charge in [-0.15, -0.1) is 0 Å². The van der Waals surface area contributed by atoms with Gasteiger partial charge in [-0.05, 0) is 38.5 Å². The normalized spacial score (nSPS) is 23.3. The van der Waals surface area contributed by atoms with Crippen LogP contribution in [0.15, 0.2) is 36.5 Å². The lowest BCUT2D eigenvalue weighted by Gasteiger charge is -2.41. The van der Waals surface area contributed by atoms with E-state index in [0.29, 0.717) is 12.8 Å². The average Bonchev–Trinajstić information content (AvgIpc) is 3.09. The summed E-state index contributed by atoms with van der Waals surface area (Å²) in [6.45, 7) is 3.05. The van der Waals surface area contributed by atoms with E-state index in [1.165, 1.54) is 51.0 Å². The van der Waals surface area contributed by atoms with Gasteiger partial charge in [-0.25, -0.2) is 4.18 Å². The lowest BCUT2D eigenvalue weighted by molar-refractivity contribution is -0.298. The van der Waals surface area contributed by atoms with Crippen LogP contribution in [0.5, 0.6) is 0 Å². The highest BCUT2D eigenvalue weighted by Gasteiger charge is 2.48. The van der Waals surface area contributed by atoms with Crippen molar-refractivity contribution in [1.29, 1.82) is 0 Å². The third-order valence-electron chi connectivity index (χ3n) is 8.74. The molecule has 1 aliphatic heterocycles. The second-order valence-corrected chi connectivity index (χ2v) is 14.3. The van der Waals surface area contributed by atoms with E-state index in [4.69, 9.17) is 14.0 Å². The molecule has 8 unspecified atom stereocenters. The number of carbonyl (C=O) groups is 1. The Kier molecular flexibility index (Phi) is 26.7. The van der Waals surface area contributed by atoms with Crippen LogP contribution in [0, 0.1) is 0 Å². The Hall–Kier alpha value is -1.72. The molecule has 0 spiro atoms. The number of carbonyl (C=O) groups excluding carboxylic acids is 1. The Morgan fingerprint density at radius 1 is 0.784 bits per heavy atom. The zero-order chi connectivity index (χ0) is 37.9. The summed E-state index contributed by atoms with van der Waals surface area (Å²) in [4.78, 5) is 13.0. The summed E-state index contributed by atoms with van der Waals surface area (Å²) in [6.07, 6.45) is 18.3. The molecular formula is C37H67NO12S. The third-order valence-corrected chi connectivity index (χ3v) is 9.21. The first-order chi connectivity index (χ1) is 24.4. The fraction of sp³-hybridized carbons (Fsp3) is 0.811. The van der Waals surface area contributed by atoms with Crippen molar-refractivity contribution in [2.45, 2.75) is 178 Å². The molecule has 0 aromatic rings. The maximum atomic E-state index is 13.0. The van der Waals surface area contributed by atoms with Crippen molar-refractivity contribution in [3.8, 4) is 0 Å². The van der Waals surface area contributed by atoms with Gasteiger partial charge in [0.05, 0.1) is 25.4 Å². The monoisotopic (exact) mass is 749 g/mol. The molecule has 1 heterocycles. The highest BCUT2D eigenvalue weighted by molar-refractivity contribution is 7.80. The number of hydrogen-bond acceptors (Lipinski definition) is 11. The summed E-state index contributed by atoms with van der Waals surface area (Å²) in [5.74, 6) is -0.722. The number of aliphatic hydroxyl groups is 5. The Balaban J connectivity index is 2.76. The number of unbranched alkanes of at least 4 members (excludes halogenated alkanes) is 13. The number of rotatable bonds is 30. The van der Waals surface area contributed by atoms with E-state index in [2.05, 4.69) is 47.7 Å². The molecule has 1 aliphatic rings. The van der Waals surface area contributed by atoms with Gasteiger partial charge in [0, 0.05) is 0 Å². The minimum Gasteiger partial charge on any atom is -0.394 e. The van der Waals surface area contributed by atoms with Crippen molar-refractivity contribution in [3.05, 3.63) is 36.5 Å². The topological polar surface area (TPSA) is 212 Å². The Morgan fingerprint density at radius 2 is 1.31 bits per heavy atom. The molecule has 298 valence electrons. The molecule has 0 aromatic carbocycles. The Bertz CT molecular complexity index is 1090. The largest absolute Gasteiger partial charge is 0.397 e. The standard InChI is InChI=1S/C37H67NO12S/c1-3-5-7-9-11-13-15-17-19-21-23-25-30(40)29(28-48-37-34(43)35(50-51(45,46)47)33(42)32(27-39)49-37)38-36(44)31(41)26-24-22-20-18-16-14-12-10-8-6-4-2/h7,9,15,17,23,25,29-35,37,39-43H,3-6,8,10-14,16,18-22,24,26-28H2,1-2H3,(H,38,44)(H,45,46,47)/b9-7+,17-15+,25-23+. The van der Waals surface area contributed by atoms with Gasteiger partial charge in [0.2, 0.25) is 5.91 Å². The summed E-state index contributed by atoms with van der Waals surface area (Å²) in [5.41, 5.74) is 0. The van der Waals surface area contributed by atoms with Gasteiger partial charge >= 0.3 is 10.4 Å². The molecule has 51 heavy (non-hydrogen) atoms. The summed E-state index contributed by atoms with van der Waals surface area (Å²) in [7, 11) is -5.12. The van der Waals surface area contributed by atoms with Crippen molar-refractivity contribution in [2.75, 3.05) is 13.2 Å². The average molecular weight is 750 g/mol. The smallest absolute Gasteiger partial charge is 0.394 e. The fourth-order valence-corrected chi connectivity index (χ4v) is 6.18. The van der Waals surface area contributed by atoms with Gasteiger partial charge < -0.3 is 40.3 Å². The van der Waals surface area contributed by atoms with E-state index in [1.807, 2.05) is 0 Å². The van der Waals surface area contributed by atoms with Crippen molar-refractivity contribution in [1.82, 2.24) is 5.32 Å². The highest BCUT2D eigenvalue weighted by Crippen LogP contribution is 2.26. The van der Waals surface area contributed by atoms with E-state index >= 15 is 0 Å².